The van der Waals surface area contributed by atoms with Crippen LogP contribution in [0.4, 0.5) is 9.18 Å². The molecule has 1 aliphatic heterocycles. The SMILES string of the molecule is C[C@](O)(CNC(=O)N[C@H]1CCCSC1)c1ccc(F)cc1. The molecule has 1 aromatic carbocycles. The van der Waals surface area contributed by atoms with E-state index in [1.807, 2.05) is 11.8 Å². The number of carbonyl (C=O) groups is 1. The fraction of sp³-hybridized carbons (Fsp3) is 0.533. The number of nitrogens with one attached hydrogen (secondary N) is 2. The number of benzene rings is 1. The summed E-state index contributed by atoms with van der Waals surface area (Å²) in [7, 11) is 0. The van der Waals surface area contributed by atoms with E-state index >= 15 is 0 Å². The molecule has 116 valence electrons. The Labute approximate surface area is 128 Å². The van der Waals surface area contributed by atoms with E-state index in [1.165, 1.54) is 24.3 Å². The van der Waals surface area contributed by atoms with Crippen molar-refractivity contribution in [3.05, 3.63) is 35.6 Å². The van der Waals surface area contributed by atoms with E-state index in [2.05, 4.69) is 10.6 Å². The van der Waals surface area contributed by atoms with Crippen molar-refractivity contribution in [3.8, 4) is 0 Å². The van der Waals surface area contributed by atoms with Crippen LogP contribution in [0.3, 0.4) is 0 Å². The van der Waals surface area contributed by atoms with Gasteiger partial charge in [0.05, 0.1) is 6.54 Å². The number of aliphatic hydroxyl groups is 1. The van der Waals surface area contributed by atoms with Gasteiger partial charge in [-0.1, -0.05) is 12.1 Å². The molecular weight excluding hydrogens is 291 g/mol. The molecule has 0 aromatic heterocycles. The first kappa shape index (κ1) is 16.1. The number of hydrogen-bond acceptors (Lipinski definition) is 3. The third kappa shape index (κ3) is 4.89. The Morgan fingerprint density at radius 1 is 1.48 bits per heavy atom. The van der Waals surface area contributed by atoms with E-state index in [9.17, 15) is 14.3 Å². The zero-order valence-electron chi connectivity index (χ0n) is 12.1. The largest absolute Gasteiger partial charge is 0.384 e. The number of urea groups is 1. The second-order valence-electron chi connectivity index (χ2n) is 5.52. The average Bonchev–Trinajstić information content (AvgIpc) is 2.47. The van der Waals surface area contributed by atoms with Crippen LogP contribution >= 0.6 is 11.8 Å². The third-order valence-corrected chi connectivity index (χ3v) is 4.77. The lowest BCUT2D eigenvalue weighted by Crippen LogP contribution is -2.48. The van der Waals surface area contributed by atoms with Crippen LogP contribution in [0.15, 0.2) is 24.3 Å². The molecule has 1 aromatic rings. The highest BCUT2D eigenvalue weighted by Gasteiger charge is 2.24. The Hall–Kier alpha value is -1.27. The summed E-state index contributed by atoms with van der Waals surface area (Å²) in [5, 5.41) is 16.0. The molecule has 0 saturated carbocycles. The van der Waals surface area contributed by atoms with E-state index < -0.39 is 5.60 Å². The minimum absolute atomic E-state index is 0.0737. The molecule has 1 aliphatic rings. The van der Waals surface area contributed by atoms with Crippen LogP contribution in [-0.4, -0.2) is 35.2 Å². The van der Waals surface area contributed by atoms with Crippen molar-refractivity contribution in [3.63, 3.8) is 0 Å². The Morgan fingerprint density at radius 2 is 2.19 bits per heavy atom. The number of thioether (sulfide) groups is 1. The average molecular weight is 312 g/mol. The molecule has 3 N–H and O–H groups in total. The predicted octanol–water partition coefficient (Wildman–Crippen LogP) is 2.23. The summed E-state index contributed by atoms with van der Waals surface area (Å²) in [4.78, 5) is 11.8. The van der Waals surface area contributed by atoms with Crippen molar-refractivity contribution < 1.29 is 14.3 Å². The van der Waals surface area contributed by atoms with Crippen molar-refractivity contribution in [1.82, 2.24) is 10.6 Å². The highest BCUT2D eigenvalue weighted by Crippen LogP contribution is 2.20. The highest BCUT2D eigenvalue weighted by atomic mass is 32.2. The molecule has 21 heavy (non-hydrogen) atoms. The van der Waals surface area contributed by atoms with Crippen LogP contribution < -0.4 is 10.6 Å². The van der Waals surface area contributed by atoms with Crippen LogP contribution in [0.2, 0.25) is 0 Å². The first-order valence-corrected chi connectivity index (χ1v) is 8.23. The zero-order chi connectivity index (χ0) is 15.3. The van der Waals surface area contributed by atoms with Gasteiger partial charge in [0.2, 0.25) is 0 Å². The van der Waals surface area contributed by atoms with Gasteiger partial charge in [0.15, 0.2) is 0 Å². The van der Waals surface area contributed by atoms with Gasteiger partial charge in [-0.2, -0.15) is 11.8 Å². The fourth-order valence-corrected chi connectivity index (χ4v) is 3.33. The van der Waals surface area contributed by atoms with Gasteiger partial charge >= 0.3 is 6.03 Å². The summed E-state index contributed by atoms with van der Waals surface area (Å²) >= 11 is 1.84. The maximum atomic E-state index is 12.9. The molecule has 0 aliphatic carbocycles. The molecule has 2 amide bonds. The van der Waals surface area contributed by atoms with Crippen LogP contribution in [0.5, 0.6) is 0 Å². The van der Waals surface area contributed by atoms with Gasteiger partial charge in [0.25, 0.3) is 0 Å². The maximum absolute atomic E-state index is 12.9. The molecule has 4 nitrogen and oxygen atoms in total. The smallest absolute Gasteiger partial charge is 0.315 e. The minimum Gasteiger partial charge on any atom is -0.384 e. The van der Waals surface area contributed by atoms with Gasteiger partial charge in [-0.3, -0.25) is 0 Å². The van der Waals surface area contributed by atoms with Gasteiger partial charge in [-0.05, 0) is 43.2 Å². The second-order valence-corrected chi connectivity index (χ2v) is 6.67. The van der Waals surface area contributed by atoms with Gasteiger partial charge in [-0.25, -0.2) is 9.18 Å². The van der Waals surface area contributed by atoms with Crippen molar-refractivity contribution in [1.29, 1.82) is 0 Å². The lowest BCUT2D eigenvalue weighted by molar-refractivity contribution is 0.0592. The van der Waals surface area contributed by atoms with Crippen molar-refractivity contribution in [2.45, 2.75) is 31.4 Å². The number of rotatable bonds is 4. The van der Waals surface area contributed by atoms with Crippen molar-refractivity contribution >= 4 is 17.8 Å². The number of carbonyl (C=O) groups excluding carboxylic acids is 1. The Morgan fingerprint density at radius 3 is 2.81 bits per heavy atom. The van der Waals surface area contributed by atoms with Gasteiger partial charge < -0.3 is 15.7 Å². The monoisotopic (exact) mass is 312 g/mol. The molecule has 1 heterocycles. The molecule has 6 heteroatoms. The molecule has 0 radical (unpaired) electrons. The molecule has 2 atom stereocenters. The van der Waals surface area contributed by atoms with E-state index in [-0.39, 0.29) is 24.4 Å². The number of halogens is 1. The van der Waals surface area contributed by atoms with Crippen LogP contribution in [0.25, 0.3) is 0 Å². The van der Waals surface area contributed by atoms with Gasteiger partial charge in [-0.15, -0.1) is 0 Å². The Balaban J connectivity index is 1.82. The lowest BCUT2D eigenvalue weighted by Gasteiger charge is -2.26. The minimum atomic E-state index is -1.23. The zero-order valence-corrected chi connectivity index (χ0v) is 12.9. The summed E-state index contributed by atoms with van der Waals surface area (Å²) in [6, 6.07) is 5.55. The van der Waals surface area contributed by atoms with E-state index in [1.54, 1.807) is 6.92 Å². The quantitative estimate of drug-likeness (QED) is 0.799. The maximum Gasteiger partial charge on any atom is 0.315 e. The lowest BCUT2D eigenvalue weighted by atomic mass is 9.96. The predicted molar refractivity (Wildman–Crippen MR) is 82.9 cm³/mol. The molecule has 1 fully saturated rings. The first-order valence-electron chi connectivity index (χ1n) is 7.08. The number of hydrogen-bond donors (Lipinski definition) is 3. The molecule has 0 unspecified atom stereocenters. The molecule has 0 bridgehead atoms. The topological polar surface area (TPSA) is 61.4 Å². The van der Waals surface area contributed by atoms with Gasteiger partial charge in [0, 0.05) is 11.8 Å². The van der Waals surface area contributed by atoms with Crippen LogP contribution in [-0.2, 0) is 5.60 Å². The number of amides is 2. The molecule has 1 saturated heterocycles. The first-order chi connectivity index (χ1) is 9.97. The Kier molecular flexibility index (Phi) is 5.47. The summed E-state index contributed by atoms with van der Waals surface area (Å²) < 4.78 is 12.9. The van der Waals surface area contributed by atoms with E-state index in [0.29, 0.717) is 5.56 Å². The summed E-state index contributed by atoms with van der Waals surface area (Å²) in [5.74, 6) is 1.73. The highest BCUT2D eigenvalue weighted by molar-refractivity contribution is 7.99. The summed E-state index contributed by atoms with van der Waals surface area (Å²) in [6.45, 7) is 1.67. The van der Waals surface area contributed by atoms with Crippen LogP contribution in [0, 0.1) is 5.82 Å². The van der Waals surface area contributed by atoms with Gasteiger partial charge in [0.1, 0.15) is 11.4 Å². The standard InChI is InChI=1S/C15H21FN2O2S/c1-15(20,11-4-6-12(16)7-5-11)10-17-14(19)18-13-3-2-8-21-9-13/h4-7,13,20H,2-3,8-10H2,1H3,(H2,17,18,19)/t13-,15-/m0/s1. The molecular formula is C15H21FN2O2S. The fourth-order valence-electron chi connectivity index (χ4n) is 2.25. The van der Waals surface area contributed by atoms with Crippen LogP contribution in [0.1, 0.15) is 25.3 Å². The molecule has 2 rings (SSSR count). The third-order valence-electron chi connectivity index (χ3n) is 3.55. The molecule has 0 spiro atoms. The summed E-state index contributed by atoms with van der Waals surface area (Å²) in [5.41, 5.74) is -0.663. The van der Waals surface area contributed by atoms with E-state index in [0.717, 1.165) is 24.3 Å². The normalized spacial score (nSPS) is 21.4. The van der Waals surface area contributed by atoms with Crippen molar-refractivity contribution in [2.75, 3.05) is 18.1 Å². The van der Waals surface area contributed by atoms with Crippen molar-refractivity contribution in [2.24, 2.45) is 0 Å². The Bertz CT molecular complexity index is 473. The summed E-state index contributed by atoms with van der Waals surface area (Å²) in [6.07, 6.45) is 2.11. The second kappa shape index (κ2) is 7.13. The van der Waals surface area contributed by atoms with E-state index in [4.69, 9.17) is 0 Å².